The molecule has 4 rings (SSSR count). The standard InChI is InChI=1S/C23H21ClN4O4/c1-13-26-18-7-4-15(12-25-21(30)11-14-2-5-16(24)6-3-14)10-17(18)23(32)28(13)19-8-9-20(29)27-22(19)31/h2-7,10,19H,8-9,11-12H2,1H3,(H,25,30)(H,27,29,31)/t19-/m1/s1. The summed E-state index contributed by atoms with van der Waals surface area (Å²) >= 11 is 5.86. The first-order chi connectivity index (χ1) is 15.3. The fourth-order valence-electron chi connectivity index (χ4n) is 3.81. The number of piperidine rings is 1. The van der Waals surface area contributed by atoms with E-state index in [1.54, 1.807) is 49.4 Å². The number of rotatable bonds is 5. The van der Waals surface area contributed by atoms with Crippen LogP contribution in [0, 0.1) is 6.92 Å². The molecule has 8 nitrogen and oxygen atoms in total. The van der Waals surface area contributed by atoms with Gasteiger partial charge < -0.3 is 5.32 Å². The molecule has 0 radical (unpaired) electrons. The highest BCUT2D eigenvalue weighted by Crippen LogP contribution is 2.20. The van der Waals surface area contributed by atoms with Crippen LogP contribution in [0.4, 0.5) is 0 Å². The van der Waals surface area contributed by atoms with Gasteiger partial charge in [-0.2, -0.15) is 0 Å². The minimum absolute atomic E-state index is 0.157. The second-order valence-corrected chi connectivity index (χ2v) is 8.17. The van der Waals surface area contributed by atoms with Gasteiger partial charge in [-0.3, -0.25) is 29.1 Å². The molecule has 3 aromatic rings. The zero-order valence-electron chi connectivity index (χ0n) is 17.4. The maximum atomic E-state index is 13.2. The van der Waals surface area contributed by atoms with Crippen molar-refractivity contribution < 1.29 is 14.4 Å². The molecule has 1 aliphatic rings. The Kier molecular flexibility index (Phi) is 6.05. The van der Waals surface area contributed by atoms with Crippen molar-refractivity contribution in [1.82, 2.24) is 20.2 Å². The highest BCUT2D eigenvalue weighted by atomic mass is 35.5. The zero-order chi connectivity index (χ0) is 22.8. The number of aromatic nitrogens is 2. The van der Waals surface area contributed by atoms with Gasteiger partial charge >= 0.3 is 0 Å². The summed E-state index contributed by atoms with van der Waals surface area (Å²) in [6, 6.07) is 11.5. The molecule has 2 N–H and O–H groups in total. The van der Waals surface area contributed by atoms with Gasteiger partial charge in [0.1, 0.15) is 11.9 Å². The number of carbonyl (C=O) groups excluding carboxylic acids is 3. The van der Waals surface area contributed by atoms with Gasteiger partial charge in [-0.05, 0) is 48.7 Å². The van der Waals surface area contributed by atoms with Gasteiger partial charge in [-0.1, -0.05) is 29.8 Å². The molecule has 1 atom stereocenters. The summed E-state index contributed by atoms with van der Waals surface area (Å²) < 4.78 is 1.34. The zero-order valence-corrected chi connectivity index (χ0v) is 18.1. The molecule has 1 saturated heterocycles. The van der Waals surface area contributed by atoms with E-state index in [0.717, 1.165) is 11.1 Å². The number of imide groups is 1. The number of aryl methyl sites for hydroxylation is 1. The smallest absolute Gasteiger partial charge is 0.262 e. The van der Waals surface area contributed by atoms with Crippen LogP contribution in [0.5, 0.6) is 0 Å². The Bertz CT molecular complexity index is 1280. The number of benzene rings is 2. The number of nitrogens with one attached hydrogen (secondary N) is 2. The molecule has 0 unspecified atom stereocenters. The third-order valence-electron chi connectivity index (χ3n) is 5.43. The van der Waals surface area contributed by atoms with Crippen LogP contribution in [0.25, 0.3) is 10.9 Å². The van der Waals surface area contributed by atoms with E-state index in [9.17, 15) is 19.2 Å². The van der Waals surface area contributed by atoms with Crippen LogP contribution in [0.15, 0.2) is 47.3 Å². The van der Waals surface area contributed by atoms with Gasteiger partial charge in [0.2, 0.25) is 17.7 Å². The van der Waals surface area contributed by atoms with Gasteiger partial charge in [-0.25, -0.2) is 4.98 Å². The van der Waals surface area contributed by atoms with Gasteiger partial charge in [0, 0.05) is 18.0 Å². The highest BCUT2D eigenvalue weighted by Gasteiger charge is 2.30. The number of halogens is 1. The largest absolute Gasteiger partial charge is 0.352 e. The lowest BCUT2D eigenvalue weighted by molar-refractivity contribution is -0.135. The summed E-state index contributed by atoms with van der Waals surface area (Å²) in [6.45, 7) is 1.91. The predicted molar refractivity (Wildman–Crippen MR) is 119 cm³/mol. The second kappa shape index (κ2) is 8.92. The Labute approximate surface area is 188 Å². The van der Waals surface area contributed by atoms with E-state index in [1.165, 1.54) is 4.57 Å². The monoisotopic (exact) mass is 452 g/mol. The first-order valence-electron chi connectivity index (χ1n) is 10.2. The molecule has 3 amide bonds. The van der Waals surface area contributed by atoms with Gasteiger partial charge in [-0.15, -0.1) is 0 Å². The van der Waals surface area contributed by atoms with Crippen LogP contribution in [0.2, 0.25) is 5.02 Å². The molecule has 0 bridgehead atoms. The Balaban J connectivity index is 1.54. The lowest BCUT2D eigenvalue weighted by Gasteiger charge is -2.24. The SMILES string of the molecule is Cc1nc2ccc(CNC(=O)Cc3ccc(Cl)cc3)cc2c(=O)n1[C@@H]1CCC(=O)NC1=O. The van der Waals surface area contributed by atoms with E-state index in [4.69, 9.17) is 11.6 Å². The fourth-order valence-corrected chi connectivity index (χ4v) is 3.94. The van der Waals surface area contributed by atoms with Crippen molar-refractivity contribution in [2.75, 3.05) is 0 Å². The van der Waals surface area contributed by atoms with Crippen LogP contribution >= 0.6 is 11.6 Å². The van der Waals surface area contributed by atoms with Crippen molar-refractivity contribution in [3.63, 3.8) is 0 Å². The second-order valence-electron chi connectivity index (χ2n) is 7.73. The lowest BCUT2D eigenvalue weighted by Crippen LogP contribution is -2.45. The molecule has 9 heteroatoms. The molecular formula is C23H21ClN4O4. The molecule has 1 aliphatic heterocycles. The molecule has 32 heavy (non-hydrogen) atoms. The van der Waals surface area contributed by atoms with E-state index in [-0.39, 0.29) is 43.2 Å². The number of amides is 3. The van der Waals surface area contributed by atoms with E-state index in [0.29, 0.717) is 21.7 Å². The topological polar surface area (TPSA) is 110 Å². The van der Waals surface area contributed by atoms with Crippen molar-refractivity contribution in [2.45, 2.75) is 38.8 Å². The number of hydrogen-bond donors (Lipinski definition) is 2. The predicted octanol–water partition coefficient (Wildman–Crippen LogP) is 2.19. The number of carbonyl (C=O) groups is 3. The van der Waals surface area contributed by atoms with Crippen molar-refractivity contribution >= 4 is 40.2 Å². The van der Waals surface area contributed by atoms with Crippen LogP contribution < -0.4 is 16.2 Å². The van der Waals surface area contributed by atoms with Gasteiger partial charge in [0.25, 0.3) is 5.56 Å². The van der Waals surface area contributed by atoms with Crippen LogP contribution in [-0.2, 0) is 27.3 Å². The third-order valence-corrected chi connectivity index (χ3v) is 5.68. The Morgan fingerprint density at radius 3 is 2.59 bits per heavy atom. The highest BCUT2D eigenvalue weighted by molar-refractivity contribution is 6.30. The van der Waals surface area contributed by atoms with Crippen molar-refractivity contribution in [3.05, 3.63) is 74.8 Å². The molecule has 0 spiro atoms. The number of hydrogen-bond acceptors (Lipinski definition) is 5. The fraction of sp³-hybridized carbons (Fsp3) is 0.261. The molecule has 164 valence electrons. The summed E-state index contributed by atoms with van der Waals surface area (Å²) in [4.78, 5) is 53.7. The van der Waals surface area contributed by atoms with E-state index < -0.39 is 11.9 Å². The van der Waals surface area contributed by atoms with Crippen LogP contribution in [0.3, 0.4) is 0 Å². The minimum atomic E-state index is -0.778. The molecule has 0 aliphatic carbocycles. The first-order valence-corrected chi connectivity index (χ1v) is 10.6. The third kappa shape index (κ3) is 4.55. The molecular weight excluding hydrogens is 432 g/mol. The summed E-state index contributed by atoms with van der Waals surface area (Å²) in [5.74, 6) is -0.600. The van der Waals surface area contributed by atoms with E-state index in [2.05, 4.69) is 15.6 Å². The molecule has 1 fully saturated rings. The number of fused-ring (bicyclic) bond motifs is 1. The Morgan fingerprint density at radius 2 is 1.88 bits per heavy atom. The Morgan fingerprint density at radius 1 is 1.16 bits per heavy atom. The first kappa shape index (κ1) is 21.7. The molecule has 2 heterocycles. The summed E-state index contributed by atoms with van der Waals surface area (Å²) in [5, 5.41) is 6.08. The maximum Gasteiger partial charge on any atom is 0.262 e. The van der Waals surface area contributed by atoms with Crippen molar-refractivity contribution in [2.24, 2.45) is 0 Å². The quantitative estimate of drug-likeness (QED) is 0.576. The summed E-state index contributed by atoms with van der Waals surface area (Å²) in [7, 11) is 0. The summed E-state index contributed by atoms with van der Waals surface area (Å²) in [5.41, 5.74) is 1.74. The van der Waals surface area contributed by atoms with Crippen LogP contribution in [-0.4, -0.2) is 27.3 Å². The maximum absolute atomic E-state index is 13.2. The molecule has 2 aromatic carbocycles. The van der Waals surface area contributed by atoms with Gasteiger partial charge in [0.15, 0.2) is 0 Å². The average molecular weight is 453 g/mol. The molecule has 0 saturated carbocycles. The van der Waals surface area contributed by atoms with E-state index in [1.807, 2.05) is 0 Å². The van der Waals surface area contributed by atoms with Crippen molar-refractivity contribution in [1.29, 1.82) is 0 Å². The minimum Gasteiger partial charge on any atom is -0.352 e. The van der Waals surface area contributed by atoms with Crippen LogP contribution in [0.1, 0.15) is 35.8 Å². The Hall–Kier alpha value is -3.52. The van der Waals surface area contributed by atoms with Crippen molar-refractivity contribution in [3.8, 4) is 0 Å². The average Bonchev–Trinajstić information content (AvgIpc) is 2.75. The summed E-state index contributed by atoms with van der Waals surface area (Å²) in [6.07, 6.45) is 0.632. The normalized spacial score (nSPS) is 16.1. The lowest BCUT2D eigenvalue weighted by atomic mass is 10.0. The number of nitrogens with zero attached hydrogens (tertiary/aromatic N) is 2. The molecule has 1 aromatic heterocycles. The van der Waals surface area contributed by atoms with Gasteiger partial charge in [0.05, 0.1) is 17.3 Å². The van der Waals surface area contributed by atoms with E-state index >= 15 is 0 Å².